The maximum absolute atomic E-state index is 12.2. The van der Waals surface area contributed by atoms with Crippen molar-refractivity contribution in [3.05, 3.63) is 60.0 Å². The van der Waals surface area contributed by atoms with E-state index in [1.54, 1.807) is 6.07 Å². The quantitative estimate of drug-likeness (QED) is 0.687. The first-order valence-electron chi connectivity index (χ1n) is 6.21. The van der Waals surface area contributed by atoms with Gasteiger partial charge in [0.1, 0.15) is 5.69 Å². The number of fused-ring (bicyclic) bond motifs is 1. The van der Waals surface area contributed by atoms with E-state index in [-0.39, 0.29) is 11.3 Å². The largest absolute Gasteiger partial charge is 0.478 e. The molecule has 6 heteroatoms. The Morgan fingerprint density at radius 2 is 2.00 bits per heavy atom. The third-order valence-electron chi connectivity index (χ3n) is 3.07. The SMILES string of the molecule is O=C(Nc1cnccc1C(=O)O)c1cc2ccccc2[nH]1. The van der Waals surface area contributed by atoms with Crippen molar-refractivity contribution in [2.45, 2.75) is 0 Å². The molecule has 0 aliphatic heterocycles. The summed E-state index contributed by atoms with van der Waals surface area (Å²) >= 11 is 0. The molecule has 1 aromatic carbocycles. The number of anilines is 1. The normalized spacial score (nSPS) is 10.5. The van der Waals surface area contributed by atoms with Crippen molar-refractivity contribution in [2.75, 3.05) is 5.32 Å². The lowest BCUT2D eigenvalue weighted by molar-refractivity contribution is 0.0698. The van der Waals surface area contributed by atoms with E-state index in [0.717, 1.165) is 10.9 Å². The van der Waals surface area contributed by atoms with Crippen molar-refractivity contribution in [2.24, 2.45) is 0 Å². The van der Waals surface area contributed by atoms with Gasteiger partial charge in [0.25, 0.3) is 5.91 Å². The third kappa shape index (κ3) is 2.46. The summed E-state index contributed by atoms with van der Waals surface area (Å²) in [5, 5.41) is 12.5. The van der Waals surface area contributed by atoms with Crippen LogP contribution in [0.5, 0.6) is 0 Å². The molecule has 2 aromatic heterocycles. The summed E-state index contributed by atoms with van der Waals surface area (Å²) in [6.45, 7) is 0. The van der Waals surface area contributed by atoms with Crippen molar-refractivity contribution >= 4 is 28.5 Å². The van der Waals surface area contributed by atoms with Crippen LogP contribution in [0.2, 0.25) is 0 Å². The van der Waals surface area contributed by atoms with Crippen LogP contribution in [-0.4, -0.2) is 27.0 Å². The number of carboxylic acid groups (broad SMARTS) is 1. The van der Waals surface area contributed by atoms with Gasteiger partial charge < -0.3 is 15.4 Å². The number of nitrogens with one attached hydrogen (secondary N) is 2. The molecule has 3 aromatic rings. The Hall–Kier alpha value is -3.15. The second kappa shape index (κ2) is 5.09. The highest BCUT2D eigenvalue weighted by atomic mass is 16.4. The number of hydrogen-bond acceptors (Lipinski definition) is 3. The van der Waals surface area contributed by atoms with Crippen molar-refractivity contribution in [3.63, 3.8) is 0 Å². The number of pyridine rings is 1. The fraction of sp³-hybridized carbons (Fsp3) is 0. The first kappa shape index (κ1) is 12.9. The van der Waals surface area contributed by atoms with E-state index in [1.165, 1.54) is 18.5 Å². The van der Waals surface area contributed by atoms with Crippen LogP contribution in [0.25, 0.3) is 10.9 Å². The molecular weight excluding hydrogens is 270 g/mol. The van der Waals surface area contributed by atoms with Gasteiger partial charge in [-0.25, -0.2) is 4.79 Å². The molecule has 0 radical (unpaired) electrons. The Bertz CT molecular complexity index is 806. The molecule has 1 amide bonds. The molecule has 0 unspecified atom stereocenters. The molecule has 0 aliphatic rings. The summed E-state index contributed by atoms with van der Waals surface area (Å²) in [5.41, 5.74) is 1.35. The van der Waals surface area contributed by atoms with E-state index in [4.69, 9.17) is 5.11 Å². The number of aromatic amines is 1. The number of aromatic carboxylic acids is 1. The zero-order valence-corrected chi connectivity index (χ0v) is 10.8. The zero-order valence-electron chi connectivity index (χ0n) is 10.8. The lowest BCUT2D eigenvalue weighted by atomic mass is 10.2. The molecule has 21 heavy (non-hydrogen) atoms. The summed E-state index contributed by atoms with van der Waals surface area (Å²) in [6.07, 6.45) is 2.67. The molecular formula is C15H11N3O3. The first-order chi connectivity index (χ1) is 10.1. The molecule has 0 aliphatic carbocycles. The van der Waals surface area contributed by atoms with E-state index in [2.05, 4.69) is 15.3 Å². The lowest BCUT2D eigenvalue weighted by Crippen LogP contribution is -2.15. The predicted octanol–water partition coefficient (Wildman–Crippen LogP) is 2.51. The van der Waals surface area contributed by atoms with Crippen LogP contribution in [0.3, 0.4) is 0 Å². The fourth-order valence-electron chi connectivity index (χ4n) is 2.07. The maximum Gasteiger partial charge on any atom is 0.337 e. The highest BCUT2D eigenvalue weighted by Gasteiger charge is 2.14. The number of rotatable bonds is 3. The molecule has 104 valence electrons. The Morgan fingerprint density at radius 1 is 1.19 bits per heavy atom. The van der Waals surface area contributed by atoms with Crippen LogP contribution in [0.4, 0.5) is 5.69 Å². The number of carbonyl (C=O) groups is 2. The minimum atomic E-state index is -1.12. The van der Waals surface area contributed by atoms with Crippen molar-refractivity contribution < 1.29 is 14.7 Å². The Kier molecular flexibility index (Phi) is 3.12. The van der Waals surface area contributed by atoms with Gasteiger partial charge in [-0.05, 0) is 18.2 Å². The molecule has 3 rings (SSSR count). The molecule has 3 N–H and O–H groups in total. The van der Waals surface area contributed by atoms with Crippen LogP contribution in [0.15, 0.2) is 48.8 Å². The molecule has 0 atom stereocenters. The van der Waals surface area contributed by atoms with Crippen molar-refractivity contribution in [1.82, 2.24) is 9.97 Å². The van der Waals surface area contributed by atoms with Crippen LogP contribution < -0.4 is 5.32 Å². The highest BCUT2D eigenvalue weighted by Crippen LogP contribution is 2.18. The summed E-state index contributed by atoms with van der Waals surface area (Å²) in [4.78, 5) is 30.1. The number of nitrogens with zero attached hydrogens (tertiary/aromatic N) is 1. The van der Waals surface area contributed by atoms with Gasteiger partial charge in [0.15, 0.2) is 0 Å². The lowest BCUT2D eigenvalue weighted by Gasteiger charge is -2.06. The van der Waals surface area contributed by atoms with Gasteiger partial charge in [-0.1, -0.05) is 18.2 Å². The van der Waals surface area contributed by atoms with E-state index in [1.807, 2.05) is 24.3 Å². The molecule has 0 bridgehead atoms. The summed E-state index contributed by atoms with van der Waals surface area (Å²) in [6, 6.07) is 10.5. The van der Waals surface area contributed by atoms with Crippen LogP contribution in [-0.2, 0) is 0 Å². The summed E-state index contributed by atoms with van der Waals surface area (Å²) in [7, 11) is 0. The number of benzene rings is 1. The summed E-state index contributed by atoms with van der Waals surface area (Å²) < 4.78 is 0. The van der Waals surface area contributed by atoms with E-state index in [9.17, 15) is 9.59 Å². The monoisotopic (exact) mass is 281 g/mol. The van der Waals surface area contributed by atoms with Crippen LogP contribution in [0, 0.1) is 0 Å². The average molecular weight is 281 g/mol. The number of para-hydroxylation sites is 1. The maximum atomic E-state index is 12.2. The first-order valence-corrected chi connectivity index (χ1v) is 6.21. The Morgan fingerprint density at radius 3 is 2.76 bits per heavy atom. The second-order valence-electron chi connectivity index (χ2n) is 4.45. The van der Waals surface area contributed by atoms with E-state index < -0.39 is 11.9 Å². The number of amides is 1. The average Bonchev–Trinajstić information content (AvgIpc) is 2.91. The minimum Gasteiger partial charge on any atom is -0.478 e. The van der Waals surface area contributed by atoms with Crippen molar-refractivity contribution in [3.8, 4) is 0 Å². The van der Waals surface area contributed by atoms with Gasteiger partial charge in [0.05, 0.1) is 17.4 Å². The van der Waals surface area contributed by atoms with Crippen molar-refractivity contribution in [1.29, 1.82) is 0 Å². The zero-order chi connectivity index (χ0) is 14.8. The highest BCUT2D eigenvalue weighted by molar-refractivity contribution is 6.08. The van der Waals surface area contributed by atoms with Gasteiger partial charge in [0.2, 0.25) is 0 Å². The van der Waals surface area contributed by atoms with Gasteiger partial charge in [-0.2, -0.15) is 0 Å². The van der Waals surface area contributed by atoms with E-state index >= 15 is 0 Å². The van der Waals surface area contributed by atoms with E-state index in [0.29, 0.717) is 5.69 Å². The second-order valence-corrected chi connectivity index (χ2v) is 4.45. The Balaban J connectivity index is 1.91. The molecule has 0 spiro atoms. The van der Waals surface area contributed by atoms with Gasteiger partial charge >= 0.3 is 5.97 Å². The fourth-order valence-corrected chi connectivity index (χ4v) is 2.07. The van der Waals surface area contributed by atoms with Gasteiger partial charge in [-0.3, -0.25) is 9.78 Å². The molecule has 0 fully saturated rings. The van der Waals surface area contributed by atoms with Crippen LogP contribution in [0.1, 0.15) is 20.8 Å². The van der Waals surface area contributed by atoms with Crippen LogP contribution >= 0.6 is 0 Å². The topological polar surface area (TPSA) is 95.1 Å². The number of aromatic nitrogens is 2. The number of carbonyl (C=O) groups excluding carboxylic acids is 1. The smallest absolute Gasteiger partial charge is 0.337 e. The molecule has 0 saturated heterocycles. The number of carboxylic acids is 1. The molecule has 6 nitrogen and oxygen atoms in total. The Labute approximate surface area is 119 Å². The predicted molar refractivity (Wildman–Crippen MR) is 77.4 cm³/mol. The molecule has 0 saturated carbocycles. The van der Waals surface area contributed by atoms with Gasteiger partial charge in [-0.15, -0.1) is 0 Å². The molecule has 2 heterocycles. The third-order valence-corrected chi connectivity index (χ3v) is 3.07. The number of hydrogen-bond donors (Lipinski definition) is 3. The van der Waals surface area contributed by atoms with Gasteiger partial charge in [0, 0.05) is 17.1 Å². The minimum absolute atomic E-state index is 0.00513. The summed E-state index contributed by atoms with van der Waals surface area (Å²) in [5.74, 6) is -1.54. The number of H-pyrrole nitrogens is 1. The standard InChI is InChI=1S/C15H11N3O3/c19-14(12-7-9-3-1-2-4-11(9)17-12)18-13-8-16-6-5-10(13)15(20)21/h1-8,17H,(H,18,19)(H,20,21).